The quantitative estimate of drug-likeness (QED) is 0.484. The van der Waals surface area contributed by atoms with E-state index in [4.69, 9.17) is 10.5 Å². The first-order valence-corrected chi connectivity index (χ1v) is 8.76. The van der Waals surface area contributed by atoms with Crippen molar-refractivity contribution in [2.24, 2.45) is 0 Å². The highest BCUT2D eigenvalue weighted by Gasteiger charge is 2.20. The van der Waals surface area contributed by atoms with Crippen molar-refractivity contribution in [1.29, 1.82) is 0 Å². The second-order valence-corrected chi connectivity index (χ2v) is 6.22. The first kappa shape index (κ1) is 17.1. The van der Waals surface area contributed by atoms with Gasteiger partial charge in [-0.1, -0.05) is 30.3 Å². The van der Waals surface area contributed by atoms with Crippen LogP contribution in [0.3, 0.4) is 0 Å². The minimum absolute atomic E-state index is 0.285. The summed E-state index contributed by atoms with van der Waals surface area (Å²) >= 11 is 0. The number of aryl methyl sites for hydroxylation is 1. The molecule has 25 heavy (non-hydrogen) atoms. The molecule has 3 rings (SSSR count). The van der Waals surface area contributed by atoms with Gasteiger partial charge in [-0.05, 0) is 61.1 Å². The van der Waals surface area contributed by atoms with E-state index in [2.05, 4.69) is 29.6 Å². The summed E-state index contributed by atoms with van der Waals surface area (Å²) < 4.78 is 4.88. The number of anilines is 2. The average Bonchev–Trinajstić information content (AvgIpc) is 2.62. The molecular formula is C21H24N2O2. The van der Waals surface area contributed by atoms with Crippen LogP contribution >= 0.6 is 0 Å². The molecule has 0 unspecified atom stereocenters. The van der Waals surface area contributed by atoms with Crippen molar-refractivity contribution in [3.8, 4) is 0 Å². The van der Waals surface area contributed by atoms with Gasteiger partial charge in [0.2, 0.25) is 0 Å². The number of nitrogens with two attached hydrogens (primary N) is 1. The Morgan fingerprint density at radius 1 is 1.32 bits per heavy atom. The number of hydrogen-bond donors (Lipinski definition) is 2. The van der Waals surface area contributed by atoms with Gasteiger partial charge in [-0.25, -0.2) is 4.79 Å². The van der Waals surface area contributed by atoms with E-state index in [1.165, 1.54) is 23.6 Å². The highest BCUT2D eigenvalue weighted by atomic mass is 16.5. The molecule has 0 amide bonds. The molecule has 0 aromatic heterocycles. The van der Waals surface area contributed by atoms with Gasteiger partial charge in [0.1, 0.15) is 0 Å². The molecule has 0 heterocycles. The lowest BCUT2D eigenvalue weighted by Gasteiger charge is -2.27. The van der Waals surface area contributed by atoms with Crippen LogP contribution in [0.5, 0.6) is 0 Å². The molecule has 0 spiro atoms. The van der Waals surface area contributed by atoms with Crippen LogP contribution in [0, 0.1) is 0 Å². The topological polar surface area (TPSA) is 64.3 Å². The smallest absolute Gasteiger partial charge is 0.330 e. The molecule has 4 heteroatoms. The molecule has 1 atom stereocenters. The highest BCUT2D eigenvalue weighted by Crippen LogP contribution is 2.34. The summed E-state index contributed by atoms with van der Waals surface area (Å²) in [5, 5.41) is 3.58. The fourth-order valence-electron chi connectivity index (χ4n) is 3.26. The Balaban J connectivity index is 1.73. The first-order valence-electron chi connectivity index (χ1n) is 8.76. The van der Waals surface area contributed by atoms with Crippen molar-refractivity contribution in [3.63, 3.8) is 0 Å². The Hall–Kier alpha value is -2.75. The third kappa shape index (κ3) is 4.21. The van der Waals surface area contributed by atoms with Crippen molar-refractivity contribution < 1.29 is 9.53 Å². The number of carbonyl (C=O) groups excluding carboxylic acids is 1. The monoisotopic (exact) mass is 336 g/mol. The average molecular weight is 336 g/mol. The molecule has 0 bridgehead atoms. The Morgan fingerprint density at radius 2 is 2.16 bits per heavy atom. The molecule has 0 saturated heterocycles. The number of ether oxygens (including phenoxy) is 1. The molecule has 0 fully saturated rings. The van der Waals surface area contributed by atoms with Crippen molar-refractivity contribution in [1.82, 2.24) is 0 Å². The summed E-state index contributed by atoms with van der Waals surface area (Å²) in [6, 6.07) is 14.7. The summed E-state index contributed by atoms with van der Waals surface area (Å²) in [5.41, 5.74) is 11.5. The van der Waals surface area contributed by atoms with E-state index in [1.54, 1.807) is 13.0 Å². The largest absolute Gasteiger partial charge is 0.463 e. The van der Waals surface area contributed by atoms with Gasteiger partial charge in [-0.15, -0.1) is 0 Å². The van der Waals surface area contributed by atoms with Crippen LogP contribution in [0.1, 0.15) is 42.5 Å². The second kappa shape index (κ2) is 7.88. The minimum atomic E-state index is -0.345. The maximum Gasteiger partial charge on any atom is 0.330 e. The summed E-state index contributed by atoms with van der Waals surface area (Å²) in [4.78, 5) is 11.4. The van der Waals surface area contributed by atoms with Crippen LogP contribution < -0.4 is 11.1 Å². The Labute approximate surface area is 148 Å². The summed E-state index contributed by atoms with van der Waals surface area (Å²) in [6.45, 7) is 2.16. The van der Waals surface area contributed by atoms with Gasteiger partial charge in [-0.3, -0.25) is 0 Å². The molecule has 3 N–H and O–H groups in total. The molecule has 130 valence electrons. The van der Waals surface area contributed by atoms with E-state index in [0.29, 0.717) is 12.3 Å². The van der Waals surface area contributed by atoms with E-state index in [1.807, 2.05) is 18.2 Å². The maximum atomic E-state index is 11.4. The number of rotatable bonds is 5. The number of esters is 1. The van der Waals surface area contributed by atoms with Gasteiger partial charge in [0.15, 0.2) is 0 Å². The predicted molar refractivity (Wildman–Crippen MR) is 102 cm³/mol. The van der Waals surface area contributed by atoms with Crippen LogP contribution in [0.4, 0.5) is 11.4 Å². The molecule has 2 aromatic rings. The normalized spacial score (nSPS) is 16.4. The Bertz CT molecular complexity index is 783. The predicted octanol–water partition coefficient (Wildman–Crippen LogP) is 4.33. The first-order chi connectivity index (χ1) is 12.2. The summed E-state index contributed by atoms with van der Waals surface area (Å²) in [5.74, 6) is -0.345. The lowest BCUT2D eigenvalue weighted by molar-refractivity contribution is -0.137. The van der Waals surface area contributed by atoms with E-state index in [0.717, 1.165) is 24.1 Å². The van der Waals surface area contributed by atoms with Crippen LogP contribution in [-0.4, -0.2) is 12.6 Å². The zero-order valence-corrected chi connectivity index (χ0v) is 14.5. The molecule has 0 radical (unpaired) electrons. The van der Waals surface area contributed by atoms with Gasteiger partial charge < -0.3 is 15.8 Å². The SMILES string of the molecule is CCOC(=O)/C=C/c1ccc(N[C@@H]2CCCc3ccccc32)c(N)c1. The zero-order valence-electron chi connectivity index (χ0n) is 14.5. The lowest BCUT2D eigenvalue weighted by atomic mass is 9.87. The van der Waals surface area contributed by atoms with Gasteiger partial charge in [-0.2, -0.15) is 0 Å². The van der Waals surface area contributed by atoms with E-state index in [9.17, 15) is 4.79 Å². The van der Waals surface area contributed by atoms with Gasteiger partial charge in [0, 0.05) is 6.08 Å². The van der Waals surface area contributed by atoms with Crippen LogP contribution in [0.25, 0.3) is 6.08 Å². The maximum absolute atomic E-state index is 11.4. The molecule has 0 aliphatic heterocycles. The number of nitrogen functional groups attached to an aromatic ring is 1. The number of hydrogen-bond acceptors (Lipinski definition) is 4. The number of fused-ring (bicyclic) bond motifs is 1. The van der Waals surface area contributed by atoms with Gasteiger partial charge >= 0.3 is 5.97 Å². The Kier molecular flexibility index (Phi) is 5.39. The number of nitrogens with one attached hydrogen (secondary N) is 1. The molecular weight excluding hydrogens is 312 g/mol. The number of benzene rings is 2. The third-order valence-electron chi connectivity index (χ3n) is 4.47. The van der Waals surface area contributed by atoms with Crippen molar-refractivity contribution in [2.45, 2.75) is 32.2 Å². The number of carbonyl (C=O) groups is 1. The second-order valence-electron chi connectivity index (χ2n) is 6.22. The molecule has 4 nitrogen and oxygen atoms in total. The molecule has 0 saturated carbocycles. The van der Waals surface area contributed by atoms with Gasteiger partial charge in [0.25, 0.3) is 0 Å². The van der Waals surface area contributed by atoms with Crippen LogP contribution in [0.15, 0.2) is 48.5 Å². The van der Waals surface area contributed by atoms with Crippen LogP contribution in [0.2, 0.25) is 0 Å². The van der Waals surface area contributed by atoms with E-state index >= 15 is 0 Å². The molecule has 2 aromatic carbocycles. The van der Waals surface area contributed by atoms with Crippen LogP contribution in [-0.2, 0) is 16.0 Å². The third-order valence-corrected chi connectivity index (χ3v) is 4.47. The van der Waals surface area contributed by atoms with E-state index < -0.39 is 0 Å². The van der Waals surface area contributed by atoms with E-state index in [-0.39, 0.29) is 12.0 Å². The van der Waals surface area contributed by atoms with Crippen molar-refractivity contribution in [2.75, 3.05) is 17.7 Å². The lowest BCUT2D eigenvalue weighted by Crippen LogP contribution is -2.17. The fraction of sp³-hybridized carbons (Fsp3) is 0.286. The fourth-order valence-corrected chi connectivity index (χ4v) is 3.26. The molecule has 1 aliphatic carbocycles. The summed E-state index contributed by atoms with van der Waals surface area (Å²) in [6.07, 6.45) is 6.55. The summed E-state index contributed by atoms with van der Waals surface area (Å²) in [7, 11) is 0. The molecule has 1 aliphatic rings. The van der Waals surface area contributed by atoms with Crippen molar-refractivity contribution >= 4 is 23.4 Å². The standard InChI is InChI=1S/C21H24N2O2/c1-2-25-21(24)13-11-15-10-12-20(18(22)14-15)23-19-9-5-7-16-6-3-4-8-17(16)19/h3-4,6,8,10-14,19,23H,2,5,7,9,22H2,1H3/b13-11+/t19-/m1/s1. The van der Waals surface area contributed by atoms with Gasteiger partial charge in [0.05, 0.1) is 24.0 Å². The minimum Gasteiger partial charge on any atom is -0.463 e. The highest BCUT2D eigenvalue weighted by molar-refractivity contribution is 5.87. The van der Waals surface area contributed by atoms with Crippen molar-refractivity contribution in [3.05, 3.63) is 65.2 Å². The zero-order chi connectivity index (χ0) is 17.6. The Morgan fingerprint density at radius 3 is 2.96 bits per heavy atom.